The molecule has 0 fully saturated rings. The van der Waals surface area contributed by atoms with Gasteiger partial charge in [0, 0.05) is 42.1 Å². The van der Waals surface area contributed by atoms with Crippen molar-refractivity contribution in [3.63, 3.8) is 0 Å². The van der Waals surface area contributed by atoms with Crippen molar-refractivity contribution in [3.8, 4) is 11.4 Å². The zero-order valence-corrected chi connectivity index (χ0v) is 15.8. The van der Waals surface area contributed by atoms with Crippen molar-refractivity contribution in [1.82, 2.24) is 15.3 Å². The number of furan rings is 1. The number of hydrogen-bond donors (Lipinski definition) is 3. The van der Waals surface area contributed by atoms with E-state index in [1.54, 1.807) is 49.4 Å². The van der Waals surface area contributed by atoms with E-state index in [2.05, 4.69) is 20.6 Å². The molecule has 8 nitrogen and oxygen atoms in total. The first-order valence-electron chi connectivity index (χ1n) is 8.97. The minimum Gasteiger partial charge on any atom is -0.465 e. The summed E-state index contributed by atoms with van der Waals surface area (Å²) in [6.07, 6.45) is 4.52. The molecule has 0 aliphatic heterocycles. The van der Waals surface area contributed by atoms with Gasteiger partial charge in [-0.05, 0) is 37.3 Å². The van der Waals surface area contributed by atoms with E-state index in [9.17, 15) is 14.4 Å². The van der Waals surface area contributed by atoms with Gasteiger partial charge in [0.2, 0.25) is 11.8 Å². The van der Waals surface area contributed by atoms with Gasteiger partial charge in [-0.15, -0.1) is 0 Å². The first kappa shape index (κ1) is 19.8. The number of anilines is 1. The van der Waals surface area contributed by atoms with Crippen molar-refractivity contribution < 1.29 is 14.0 Å². The molecule has 0 spiro atoms. The summed E-state index contributed by atoms with van der Waals surface area (Å²) in [6.45, 7) is 1.93. The molecule has 0 saturated carbocycles. The molecule has 3 rings (SSSR count). The van der Waals surface area contributed by atoms with E-state index in [0.717, 1.165) is 0 Å². The average Bonchev–Trinajstić information content (AvgIpc) is 3.19. The molecule has 0 saturated heterocycles. The van der Waals surface area contributed by atoms with Gasteiger partial charge in [0.1, 0.15) is 11.6 Å². The lowest BCUT2D eigenvalue weighted by atomic mass is 10.2. The Morgan fingerprint density at radius 2 is 2.07 bits per heavy atom. The van der Waals surface area contributed by atoms with Crippen molar-refractivity contribution in [2.75, 3.05) is 11.9 Å². The third-order valence-electron chi connectivity index (χ3n) is 3.88. The van der Waals surface area contributed by atoms with Gasteiger partial charge in [-0.1, -0.05) is 12.1 Å². The summed E-state index contributed by atoms with van der Waals surface area (Å²) >= 11 is 0. The van der Waals surface area contributed by atoms with Crippen LogP contribution in [0, 0.1) is 6.92 Å². The normalized spacial score (nSPS) is 10.8. The minimum atomic E-state index is -0.314. The second-order valence-electron chi connectivity index (χ2n) is 6.25. The van der Waals surface area contributed by atoms with Crippen LogP contribution in [0.4, 0.5) is 5.69 Å². The number of amides is 2. The van der Waals surface area contributed by atoms with Crippen molar-refractivity contribution in [1.29, 1.82) is 0 Å². The van der Waals surface area contributed by atoms with E-state index in [1.807, 2.05) is 0 Å². The van der Waals surface area contributed by atoms with Gasteiger partial charge in [-0.3, -0.25) is 14.4 Å². The quantitative estimate of drug-likeness (QED) is 0.534. The molecular weight excluding hydrogens is 372 g/mol. The highest BCUT2D eigenvalue weighted by molar-refractivity contribution is 5.93. The van der Waals surface area contributed by atoms with Crippen LogP contribution in [0.25, 0.3) is 17.5 Å². The molecule has 1 aromatic carbocycles. The molecule has 0 radical (unpaired) electrons. The van der Waals surface area contributed by atoms with Crippen LogP contribution < -0.4 is 16.2 Å². The maximum Gasteiger partial charge on any atom is 0.251 e. The van der Waals surface area contributed by atoms with Gasteiger partial charge in [-0.2, -0.15) is 0 Å². The summed E-state index contributed by atoms with van der Waals surface area (Å²) < 4.78 is 5.09. The molecule has 2 heterocycles. The Hall–Kier alpha value is -3.94. The lowest BCUT2D eigenvalue weighted by Gasteiger charge is -2.08. The van der Waals surface area contributed by atoms with E-state index in [4.69, 9.17) is 4.42 Å². The topological polar surface area (TPSA) is 117 Å². The molecule has 0 unspecified atom stereocenters. The molecule has 2 aromatic heterocycles. The van der Waals surface area contributed by atoms with Gasteiger partial charge in [-0.25, -0.2) is 4.98 Å². The number of nitrogens with one attached hydrogen (secondary N) is 3. The minimum absolute atomic E-state index is 0.115. The second-order valence-corrected chi connectivity index (χ2v) is 6.25. The number of carbonyl (C=O) groups is 2. The Bertz CT molecular complexity index is 1080. The van der Waals surface area contributed by atoms with E-state index >= 15 is 0 Å². The fraction of sp³-hybridized carbons (Fsp3) is 0.143. The van der Waals surface area contributed by atoms with Crippen molar-refractivity contribution >= 4 is 23.6 Å². The maximum atomic E-state index is 12.1. The molecule has 29 heavy (non-hydrogen) atoms. The van der Waals surface area contributed by atoms with Gasteiger partial charge in [0.15, 0.2) is 0 Å². The SMILES string of the molecule is Cc1cc(=O)[nH]c(-c2cccc(NC(=O)CCNC(=O)/C=C/c3ccco3)c2)n1. The molecule has 3 aromatic rings. The number of carbonyl (C=O) groups excluding carboxylic acids is 2. The van der Waals surface area contributed by atoms with E-state index in [1.165, 1.54) is 18.4 Å². The van der Waals surface area contributed by atoms with Crippen LogP contribution in [0.15, 0.2) is 64.0 Å². The average molecular weight is 392 g/mol. The third-order valence-corrected chi connectivity index (χ3v) is 3.88. The Morgan fingerprint density at radius 1 is 1.21 bits per heavy atom. The number of rotatable bonds is 7. The maximum absolute atomic E-state index is 12.1. The predicted octanol–water partition coefficient (Wildman–Crippen LogP) is 2.50. The zero-order chi connectivity index (χ0) is 20.6. The van der Waals surface area contributed by atoms with Crippen LogP contribution in [0.3, 0.4) is 0 Å². The molecule has 3 N–H and O–H groups in total. The second kappa shape index (κ2) is 9.32. The number of H-pyrrole nitrogens is 1. The highest BCUT2D eigenvalue weighted by Crippen LogP contribution is 2.18. The molecule has 0 atom stereocenters. The summed E-state index contributed by atoms with van der Waals surface area (Å²) in [5, 5.41) is 5.40. The Labute approximate surface area is 166 Å². The number of hydrogen-bond acceptors (Lipinski definition) is 5. The highest BCUT2D eigenvalue weighted by Gasteiger charge is 2.07. The first-order chi connectivity index (χ1) is 14.0. The van der Waals surface area contributed by atoms with Gasteiger partial charge >= 0.3 is 0 Å². The van der Waals surface area contributed by atoms with Crippen LogP contribution in [0.1, 0.15) is 17.9 Å². The zero-order valence-electron chi connectivity index (χ0n) is 15.8. The summed E-state index contributed by atoms with van der Waals surface area (Å²) in [6, 6.07) is 11.9. The molecule has 2 amide bonds. The lowest BCUT2D eigenvalue weighted by molar-refractivity contribution is -0.117. The van der Waals surface area contributed by atoms with Gasteiger partial charge in [0.25, 0.3) is 5.56 Å². The van der Waals surface area contributed by atoms with Gasteiger partial charge < -0.3 is 20.0 Å². The van der Waals surface area contributed by atoms with Crippen LogP contribution in [-0.4, -0.2) is 28.3 Å². The third kappa shape index (κ3) is 6.03. The fourth-order valence-electron chi connectivity index (χ4n) is 2.59. The molecule has 0 aliphatic carbocycles. The van der Waals surface area contributed by atoms with Crippen molar-refractivity contribution in [2.24, 2.45) is 0 Å². The van der Waals surface area contributed by atoms with E-state index in [-0.39, 0.29) is 30.3 Å². The molecule has 148 valence electrons. The molecule has 0 aliphatic rings. The summed E-state index contributed by atoms with van der Waals surface area (Å²) in [5.74, 6) is 0.442. The number of aryl methyl sites for hydroxylation is 1. The van der Waals surface area contributed by atoms with E-state index < -0.39 is 0 Å². The Balaban J connectivity index is 1.51. The van der Waals surface area contributed by atoms with E-state index in [0.29, 0.717) is 28.5 Å². The largest absolute Gasteiger partial charge is 0.465 e. The van der Waals surface area contributed by atoms with Crippen LogP contribution >= 0.6 is 0 Å². The monoisotopic (exact) mass is 392 g/mol. The van der Waals surface area contributed by atoms with Crippen molar-refractivity contribution in [2.45, 2.75) is 13.3 Å². The number of aromatic nitrogens is 2. The number of aromatic amines is 1. The first-order valence-corrected chi connectivity index (χ1v) is 8.97. The smallest absolute Gasteiger partial charge is 0.251 e. The standard InChI is InChI=1S/C21H20N4O4/c1-14-12-20(28)25-21(23-14)15-4-2-5-16(13-15)24-19(27)9-10-22-18(26)8-7-17-6-3-11-29-17/h2-8,11-13H,9-10H2,1H3,(H,22,26)(H,24,27)(H,23,25,28)/b8-7+. The number of nitrogens with zero attached hydrogens (tertiary/aromatic N) is 1. The highest BCUT2D eigenvalue weighted by atomic mass is 16.3. The van der Waals surface area contributed by atoms with Crippen LogP contribution in [0.2, 0.25) is 0 Å². The van der Waals surface area contributed by atoms with Gasteiger partial charge in [0.05, 0.1) is 6.26 Å². The Morgan fingerprint density at radius 3 is 2.83 bits per heavy atom. The van der Waals surface area contributed by atoms with Crippen LogP contribution in [0.5, 0.6) is 0 Å². The number of benzene rings is 1. The Kier molecular flexibility index (Phi) is 6.36. The lowest BCUT2D eigenvalue weighted by Crippen LogP contribution is -2.26. The fourth-order valence-corrected chi connectivity index (χ4v) is 2.59. The predicted molar refractivity (Wildman–Crippen MR) is 109 cm³/mol. The summed E-state index contributed by atoms with van der Waals surface area (Å²) in [4.78, 5) is 42.5. The molecule has 0 bridgehead atoms. The van der Waals surface area contributed by atoms with Crippen molar-refractivity contribution in [3.05, 3.63) is 76.6 Å². The summed E-state index contributed by atoms with van der Waals surface area (Å²) in [7, 11) is 0. The van der Waals surface area contributed by atoms with Crippen LogP contribution in [-0.2, 0) is 9.59 Å². The summed E-state index contributed by atoms with van der Waals surface area (Å²) in [5.41, 5.74) is 1.62. The molecule has 8 heteroatoms. The molecular formula is C21H20N4O4.